The zero-order valence-corrected chi connectivity index (χ0v) is 14.6. The number of piperidine rings is 1. The van der Waals surface area contributed by atoms with Crippen molar-refractivity contribution in [3.8, 4) is 0 Å². The minimum atomic E-state index is 0.0788. The summed E-state index contributed by atoms with van der Waals surface area (Å²) in [5.74, 6) is 0.743. The average Bonchev–Trinajstić information content (AvgIpc) is 2.41. The Morgan fingerprint density at radius 1 is 1.42 bits per heavy atom. The molecule has 0 spiro atoms. The fourth-order valence-corrected chi connectivity index (χ4v) is 3.33. The van der Waals surface area contributed by atoms with Crippen LogP contribution in [0.4, 0.5) is 0 Å². The second kappa shape index (κ2) is 6.59. The summed E-state index contributed by atoms with van der Waals surface area (Å²) in [6.45, 7) is 3.83. The molecule has 0 radical (unpaired) electrons. The highest BCUT2D eigenvalue weighted by molar-refractivity contribution is 9.10. The summed E-state index contributed by atoms with van der Waals surface area (Å²) in [5.41, 5.74) is 0.665. The molecule has 0 bridgehead atoms. The van der Waals surface area contributed by atoms with Gasteiger partial charge in [-0.2, -0.15) is 0 Å². The summed E-state index contributed by atoms with van der Waals surface area (Å²) >= 11 is 13.0. The number of hydrogen-bond donors (Lipinski definition) is 0. The lowest BCUT2D eigenvalue weighted by atomic mass is 9.94. The molecule has 1 fully saturated rings. The Morgan fingerprint density at radius 2 is 2.05 bits per heavy atom. The summed E-state index contributed by atoms with van der Waals surface area (Å²) in [7, 11) is 0. The van der Waals surface area contributed by atoms with Gasteiger partial charge in [-0.25, -0.2) is 0 Å². The molecule has 2 nitrogen and oxygen atoms in total. The Labute approximate surface area is 135 Å². The molecule has 1 aromatic rings. The molecular formula is C14H16Br2ClNO. The molecule has 2 rings (SSSR count). The first-order chi connectivity index (χ1) is 8.99. The fourth-order valence-electron chi connectivity index (χ4n) is 2.37. The van der Waals surface area contributed by atoms with Crippen LogP contribution in [0.2, 0.25) is 5.02 Å². The maximum Gasteiger partial charge on any atom is 0.253 e. The summed E-state index contributed by atoms with van der Waals surface area (Å²) < 4.78 is 0.817. The van der Waals surface area contributed by atoms with Gasteiger partial charge in [0.1, 0.15) is 0 Å². The maximum absolute atomic E-state index is 12.4. The van der Waals surface area contributed by atoms with E-state index in [9.17, 15) is 4.79 Å². The van der Waals surface area contributed by atoms with Crippen molar-refractivity contribution in [1.82, 2.24) is 4.90 Å². The molecular weight excluding hydrogens is 393 g/mol. The number of benzene rings is 1. The zero-order chi connectivity index (χ0) is 14.0. The minimum absolute atomic E-state index is 0.0788. The summed E-state index contributed by atoms with van der Waals surface area (Å²) in [5, 5.41) is 0.579. The van der Waals surface area contributed by atoms with Gasteiger partial charge in [0, 0.05) is 28.0 Å². The van der Waals surface area contributed by atoms with Crippen LogP contribution in [0, 0.1) is 5.92 Å². The van der Waals surface area contributed by atoms with E-state index in [0.29, 0.717) is 21.3 Å². The van der Waals surface area contributed by atoms with Gasteiger partial charge >= 0.3 is 0 Å². The molecule has 1 heterocycles. The summed E-state index contributed by atoms with van der Waals surface area (Å²) in [4.78, 5) is 14.8. The van der Waals surface area contributed by atoms with Crippen LogP contribution in [0.5, 0.6) is 0 Å². The van der Waals surface area contributed by atoms with Crippen LogP contribution in [0.3, 0.4) is 0 Å². The molecule has 0 aliphatic carbocycles. The highest BCUT2D eigenvalue weighted by Crippen LogP contribution is 2.27. The monoisotopic (exact) mass is 407 g/mol. The Kier molecular flexibility index (Phi) is 5.32. The zero-order valence-electron chi connectivity index (χ0n) is 10.7. The number of nitrogens with zero attached hydrogens (tertiary/aromatic N) is 1. The molecule has 1 saturated heterocycles. The van der Waals surface area contributed by atoms with Crippen molar-refractivity contribution in [2.45, 2.75) is 24.6 Å². The first-order valence-corrected chi connectivity index (χ1v) is 8.46. The molecule has 0 saturated carbocycles. The lowest BCUT2D eigenvalue weighted by Crippen LogP contribution is -2.39. The van der Waals surface area contributed by atoms with E-state index >= 15 is 0 Å². The highest BCUT2D eigenvalue weighted by Gasteiger charge is 2.25. The van der Waals surface area contributed by atoms with Crippen LogP contribution in [0.1, 0.15) is 30.1 Å². The molecule has 1 aliphatic heterocycles. The molecule has 1 atom stereocenters. The van der Waals surface area contributed by atoms with E-state index in [1.54, 1.807) is 6.07 Å². The van der Waals surface area contributed by atoms with Gasteiger partial charge in [-0.15, -0.1) is 0 Å². The quantitative estimate of drug-likeness (QED) is 0.646. The van der Waals surface area contributed by atoms with Gasteiger partial charge < -0.3 is 4.90 Å². The Balaban J connectivity index is 2.03. The smallest absolute Gasteiger partial charge is 0.253 e. The van der Waals surface area contributed by atoms with E-state index in [1.165, 1.54) is 0 Å². The first kappa shape index (κ1) is 15.3. The van der Waals surface area contributed by atoms with Crippen LogP contribution < -0.4 is 0 Å². The minimum Gasteiger partial charge on any atom is -0.339 e. The van der Waals surface area contributed by atoms with Crippen molar-refractivity contribution in [2.75, 3.05) is 13.1 Å². The van der Waals surface area contributed by atoms with E-state index in [4.69, 9.17) is 11.6 Å². The molecule has 0 aromatic heterocycles. The van der Waals surface area contributed by atoms with E-state index in [2.05, 4.69) is 38.8 Å². The van der Waals surface area contributed by atoms with Crippen LogP contribution >= 0.6 is 43.5 Å². The summed E-state index contributed by atoms with van der Waals surface area (Å²) in [6, 6.07) is 5.37. The second-order valence-corrected chi connectivity index (χ2v) is 7.64. The lowest BCUT2D eigenvalue weighted by Gasteiger charge is -2.33. The average molecular weight is 410 g/mol. The van der Waals surface area contributed by atoms with Gasteiger partial charge in [-0.3, -0.25) is 4.79 Å². The van der Waals surface area contributed by atoms with Crippen molar-refractivity contribution < 1.29 is 4.79 Å². The largest absolute Gasteiger partial charge is 0.339 e. The number of carbonyl (C=O) groups is 1. The number of rotatable bonds is 2. The van der Waals surface area contributed by atoms with Crippen LogP contribution in [-0.2, 0) is 0 Å². The van der Waals surface area contributed by atoms with Crippen molar-refractivity contribution in [3.63, 3.8) is 0 Å². The molecule has 1 aliphatic rings. The Bertz CT molecular complexity index is 471. The van der Waals surface area contributed by atoms with Gasteiger partial charge in [0.2, 0.25) is 0 Å². The van der Waals surface area contributed by atoms with Gasteiger partial charge in [0.05, 0.1) is 5.02 Å². The van der Waals surface area contributed by atoms with E-state index in [-0.39, 0.29) is 5.91 Å². The standard InChI is InChI=1S/C14H16Br2ClNO/c1-9(15)10-4-6-18(7-5-10)14(19)11-2-3-12(16)13(17)8-11/h2-3,8-10H,4-7H2,1H3. The van der Waals surface area contributed by atoms with Crippen molar-refractivity contribution >= 4 is 49.4 Å². The van der Waals surface area contributed by atoms with E-state index in [1.807, 2.05) is 17.0 Å². The Hall–Kier alpha value is -0.0600. The predicted octanol–water partition coefficient (Wildman–Crippen LogP) is 4.74. The molecule has 104 valence electrons. The van der Waals surface area contributed by atoms with Crippen molar-refractivity contribution in [1.29, 1.82) is 0 Å². The third kappa shape index (κ3) is 3.73. The molecule has 1 aromatic carbocycles. The third-order valence-electron chi connectivity index (χ3n) is 3.64. The SMILES string of the molecule is CC(Br)C1CCN(C(=O)c2ccc(Br)c(Cl)c2)CC1. The molecule has 1 amide bonds. The molecule has 1 unspecified atom stereocenters. The lowest BCUT2D eigenvalue weighted by molar-refractivity contribution is 0.0691. The predicted molar refractivity (Wildman–Crippen MR) is 86.2 cm³/mol. The van der Waals surface area contributed by atoms with Crippen LogP contribution in [0.25, 0.3) is 0 Å². The van der Waals surface area contributed by atoms with Gasteiger partial charge in [-0.1, -0.05) is 34.5 Å². The van der Waals surface area contributed by atoms with Crippen molar-refractivity contribution in [3.05, 3.63) is 33.3 Å². The third-order valence-corrected chi connectivity index (χ3v) is 5.62. The number of carbonyl (C=O) groups excluding carboxylic acids is 1. The number of halogens is 3. The Morgan fingerprint density at radius 3 is 2.58 bits per heavy atom. The number of hydrogen-bond acceptors (Lipinski definition) is 1. The fraction of sp³-hybridized carbons (Fsp3) is 0.500. The van der Waals surface area contributed by atoms with E-state index in [0.717, 1.165) is 30.4 Å². The van der Waals surface area contributed by atoms with E-state index < -0.39 is 0 Å². The molecule has 5 heteroatoms. The van der Waals surface area contributed by atoms with Gasteiger partial charge in [-0.05, 0) is 52.9 Å². The maximum atomic E-state index is 12.4. The van der Waals surface area contributed by atoms with Crippen LogP contribution in [0.15, 0.2) is 22.7 Å². The van der Waals surface area contributed by atoms with Crippen LogP contribution in [-0.4, -0.2) is 28.7 Å². The molecule has 19 heavy (non-hydrogen) atoms. The van der Waals surface area contributed by atoms with Gasteiger partial charge in [0.25, 0.3) is 5.91 Å². The highest BCUT2D eigenvalue weighted by atomic mass is 79.9. The normalized spacial score (nSPS) is 18.4. The van der Waals surface area contributed by atoms with Crippen molar-refractivity contribution in [2.24, 2.45) is 5.92 Å². The second-order valence-electron chi connectivity index (χ2n) is 4.94. The summed E-state index contributed by atoms with van der Waals surface area (Å²) in [6.07, 6.45) is 2.12. The topological polar surface area (TPSA) is 20.3 Å². The number of likely N-dealkylation sites (tertiary alicyclic amines) is 1. The number of amides is 1. The first-order valence-electron chi connectivity index (χ1n) is 6.37. The van der Waals surface area contributed by atoms with Gasteiger partial charge in [0.15, 0.2) is 0 Å². The molecule has 0 N–H and O–H groups in total. The number of alkyl halides is 1.